The number of carbonyl (C=O) groups is 1. The Bertz CT molecular complexity index is 1340. The van der Waals surface area contributed by atoms with Gasteiger partial charge in [-0.1, -0.05) is 49.0 Å². The summed E-state index contributed by atoms with van der Waals surface area (Å²) in [7, 11) is -7.54. The minimum Gasteiger partial charge on any atom is -0.378 e. The van der Waals surface area contributed by atoms with Gasteiger partial charge in [-0.25, -0.2) is 21.6 Å². The van der Waals surface area contributed by atoms with Crippen molar-refractivity contribution in [2.24, 2.45) is 0 Å². The Morgan fingerprint density at radius 3 is 2.32 bits per heavy atom. The molecule has 2 aromatic carbocycles. The van der Waals surface area contributed by atoms with E-state index in [1.54, 1.807) is 24.3 Å². The van der Waals surface area contributed by atoms with Gasteiger partial charge in [0.05, 0.1) is 24.0 Å². The molecule has 2 heterocycles. The Hall–Kier alpha value is -2.57. The monoisotopic (exact) mass is 561 g/mol. The zero-order chi connectivity index (χ0) is 27.3. The molecule has 2 aromatic rings. The Morgan fingerprint density at radius 2 is 1.68 bits per heavy atom. The lowest BCUT2D eigenvalue weighted by Gasteiger charge is -2.31. The fourth-order valence-electron chi connectivity index (χ4n) is 4.87. The molecule has 0 spiro atoms. The topological polar surface area (TPSA) is 113 Å². The largest absolute Gasteiger partial charge is 0.378 e. The van der Waals surface area contributed by atoms with Gasteiger partial charge in [-0.15, -0.1) is 0 Å². The molecule has 2 saturated heterocycles. The molecule has 2 atom stereocenters. The number of allylic oxidation sites excluding steroid dienone is 1. The number of morpholine rings is 1. The fourth-order valence-corrected chi connectivity index (χ4v) is 7.22. The molecular formula is C27H35N3O6S2. The fraction of sp³-hybridized carbons (Fsp3) is 0.444. The van der Waals surface area contributed by atoms with Crippen molar-refractivity contribution in [2.75, 3.05) is 39.4 Å². The normalized spacial score (nSPS) is 19.8. The van der Waals surface area contributed by atoms with E-state index in [-0.39, 0.29) is 22.3 Å². The number of benzene rings is 2. The molecule has 2 aliphatic heterocycles. The van der Waals surface area contributed by atoms with Crippen molar-refractivity contribution >= 4 is 26.0 Å². The van der Waals surface area contributed by atoms with Gasteiger partial charge in [0, 0.05) is 37.1 Å². The first-order valence-corrected chi connectivity index (χ1v) is 15.7. The van der Waals surface area contributed by atoms with Gasteiger partial charge in [0.25, 0.3) is 0 Å². The summed E-state index contributed by atoms with van der Waals surface area (Å²) in [6, 6.07) is 15.8. The molecule has 0 aliphatic carbocycles. The third-order valence-electron chi connectivity index (χ3n) is 7.08. The quantitative estimate of drug-likeness (QED) is 0.477. The number of rotatable bonds is 10. The molecule has 0 saturated carbocycles. The Morgan fingerprint density at radius 1 is 1.03 bits per heavy atom. The van der Waals surface area contributed by atoms with Crippen LogP contribution in [-0.2, 0) is 36.0 Å². The summed E-state index contributed by atoms with van der Waals surface area (Å²) >= 11 is 0. The predicted octanol–water partition coefficient (Wildman–Crippen LogP) is 2.48. The van der Waals surface area contributed by atoms with Gasteiger partial charge in [0.2, 0.25) is 26.0 Å². The van der Waals surface area contributed by atoms with Gasteiger partial charge >= 0.3 is 0 Å². The molecule has 0 radical (unpaired) electrons. The maximum absolute atomic E-state index is 13.5. The van der Waals surface area contributed by atoms with Crippen molar-refractivity contribution in [1.82, 2.24) is 13.9 Å². The lowest BCUT2D eigenvalue weighted by Crippen LogP contribution is -2.43. The number of amides is 1. The molecule has 38 heavy (non-hydrogen) atoms. The van der Waals surface area contributed by atoms with Crippen molar-refractivity contribution in [3.05, 3.63) is 77.2 Å². The van der Waals surface area contributed by atoms with Crippen LogP contribution in [0.5, 0.6) is 0 Å². The number of carbonyl (C=O) groups excluding carboxylic acids is 1. The van der Waals surface area contributed by atoms with E-state index in [0.717, 1.165) is 11.1 Å². The molecule has 1 N–H and O–H groups in total. The molecule has 0 aromatic heterocycles. The van der Waals surface area contributed by atoms with E-state index in [2.05, 4.69) is 11.3 Å². The average Bonchev–Trinajstić information content (AvgIpc) is 3.41. The highest BCUT2D eigenvalue weighted by Gasteiger charge is 2.36. The van der Waals surface area contributed by atoms with Crippen molar-refractivity contribution in [3.63, 3.8) is 0 Å². The van der Waals surface area contributed by atoms with Crippen molar-refractivity contribution in [1.29, 1.82) is 0 Å². The van der Waals surface area contributed by atoms with Crippen LogP contribution < -0.4 is 4.72 Å². The van der Waals surface area contributed by atoms with Gasteiger partial charge in [-0.2, -0.15) is 4.31 Å². The summed E-state index contributed by atoms with van der Waals surface area (Å²) in [5, 5.41) is 0. The third kappa shape index (κ3) is 6.52. The van der Waals surface area contributed by atoms with E-state index < -0.39 is 32.0 Å². The van der Waals surface area contributed by atoms with Crippen LogP contribution in [-0.4, -0.2) is 77.4 Å². The van der Waals surface area contributed by atoms with E-state index in [0.29, 0.717) is 52.1 Å². The number of hydrogen-bond acceptors (Lipinski definition) is 6. The summed E-state index contributed by atoms with van der Waals surface area (Å²) in [6.07, 6.45) is 1.70. The Kier molecular flexibility index (Phi) is 9.04. The van der Waals surface area contributed by atoms with Crippen LogP contribution in [0.1, 0.15) is 36.8 Å². The first-order chi connectivity index (χ1) is 18.1. The molecule has 9 nitrogen and oxygen atoms in total. The smallest absolute Gasteiger partial charge is 0.243 e. The van der Waals surface area contributed by atoms with E-state index in [1.807, 2.05) is 35.2 Å². The van der Waals surface area contributed by atoms with E-state index in [1.165, 1.54) is 11.2 Å². The first kappa shape index (κ1) is 28.4. The van der Waals surface area contributed by atoms with Crippen LogP contribution in [0.15, 0.2) is 71.0 Å². The second-order valence-corrected chi connectivity index (χ2v) is 13.6. The number of sulfonamides is 2. The summed E-state index contributed by atoms with van der Waals surface area (Å²) in [4.78, 5) is 15.4. The molecule has 2 aliphatic rings. The number of nitrogens with zero attached hydrogens (tertiary/aromatic N) is 2. The number of hydrogen-bond donors (Lipinski definition) is 1. The summed E-state index contributed by atoms with van der Waals surface area (Å²) in [5.74, 6) is -0.458. The van der Waals surface area contributed by atoms with Gasteiger partial charge in [-0.05, 0) is 49.4 Å². The maximum Gasteiger partial charge on any atom is 0.243 e. The van der Waals surface area contributed by atoms with E-state index in [9.17, 15) is 21.6 Å². The van der Waals surface area contributed by atoms with Crippen LogP contribution in [0.25, 0.3) is 0 Å². The second kappa shape index (κ2) is 12.1. The standard InChI is InChI=1S/C27H35N3O6S2/c1-21(2)37(32,33)28-20-24-9-6-14-30(24)38(34,35)25-12-10-23(11-13-25)26(19-22-7-4-3-5-8-22)27(31)29-15-17-36-18-16-29/h3-5,7-8,10-13,24,26,28H,1,6,9,14-20H2,2H3. The highest BCUT2D eigenvalue weighted by atomic mass is 32.2. The third-order valence-corrected chi connectivity index (χ3v) is 10.5. The molecule has 11 heteroatoms. The molecular weight excluding hydrogens is 526 g/mol. The van der Waals surface area contributed by atoms with E-state index in [4.69, 9.17) is 4.74 Å². The maximum atomic E-state index is 13.5. The molecule has 2 unspecified atom stereocenters. The van der Waals surface area contributed by atoms with Crippen molar-refractivity contribution in [2.45, 2.75) is 43.0 Å². The van der Waals surface area contributed by atoms with Gasteiger partial charge in [0.15, 0.2) is 0 Å². The number of nitrogens with one attached hydrogen (secondary N) is 1. The van der Waals surface area contributed by atoms with Crippen LogP contribution in [0.4, 0.5) is 0 Å². The SMILES string of the molecule is C=C(C)S(=O)(=O)NCC1CCCN1S(=O)(=O)c1ccc(C(Cc2ccccc2)C(=O)N2CCOCC2)cc1. The minimum absolute atomic E-state index is 0.00263. The molecule has 2 fully saturated rings. The Balaban J connectivity index is 1.55. The van der Waals surface area contributed by atoms with Crippen LogP contribution in [0.3, 0.4) is 0 Å². The average molecular weight is 562 g/mol. The first-order valence-electron chi connectivity index (χ1n) is 12.8. The Labute approximate surface area is 225 Å². The summed E-state index contributed by atoms with van der Waals surface area (Å²) < 4.78 is 60.4. The van der Waals surface area contributed by atoms with Gasteiger partial charge in [0.1, 0.15) is 0 Å². The van der Waals surface area contributed by atoms with Crippen molar-refractivity contribution < 1.29 is 26.4 Å². The summed E-state index contributed by atoms with van der Waals surface area (Å²) in [6.45, 7) is 7.22. The number of ether oxygens (including phenoxy) is 1. The van der Waals surface area contributed by atoms with E-state index >= 15 is 0 Å². The molecule has 206 valence electrons. The minimum atomic E-state index is -3.85. The van der Waals surface area contributed by atoms with Crippen LogP contribution >= 0.6 is 0 Å². The lowest BCUT2D eigenvalue weighted by atomic mass is 9.90. The van der Waals surface area contributed by atoms with Crippen LogP contribution in [0.2, 0.25) is 0 Å². The van der Waals surface area contributed by atoms with Crippen molar-refractivity contribution in [3.8, 4) is 0 Å². The molecule has 1 amide bonds. The highest BCUT2D eigenvalue weighted by molar-refractivity contribution is 7.93. The lowest BCUT2D eigenvalue weighted by molar-refractivity contribution is -0.136. The highest BCUT2D eigenvalue weighted by Crippen LogP contribution is 2.29. The van der Waals surface area contributed by atoms with Crippen LogP contribution in [0, 0.1) is 0 Å². The second-order valence-electron chi connectivity index (χ2n) is 9.71. The zero-order valence-electron chi connectivity index (χ0n) is 21.6. The predicted molar refractivity (Wildman–Crippen MR) is 145 cm³/mol. The molecule has 0 bridgehead atoms. The molecule has 4 rings (SSSR count). The summed E-state index contributed by atoms with van der Waals surface area (Å²) in [5.41, 5.74) is 1.77. The van der Waals surface area contributed by atoms with Gasteiger partial charge in [-0.3, -0.25) is 4.79 Å². The zero-order valence-corrected chi connectivity index (χ0v) is 23.2. The van der Waals surface area contributed by atoms with Gasteiger partial charge < -0.3 is 9.64 Å².